The zero-order valence-corrected chi connectivity index (χ0v) is 9.21. The van der Waals surface area contributed by atoms with Gasteiger partial charge in [0.05, 0.1) is 7.11 Å². The van der Waals surface area contributed by atoms with Crippen LogP contribution in [-0.4, -0.2) is 19.2 Å². The molecule has 14 heavy (non-hydrogen) atoms. The summed E-state index contributed by atoms with van der Waals surface area (Å²) in [6, 6.07) is 5.66. The number of rotatable bonds is 1. The number of carbonyl (C=O) groups excluding carboxylic acids is 1. The molecule has 0 N–H and O–H groups in total. The van der Waals surface area contributed by atoms with Crippen LogP contribution in [0.3, 0.4) is 0 Å². The average Bonchev–Trinajstić information content (AvgIpc) is 2.62. The number of carbonyl (C=O) groups is 1. The number of methoxy groups -OCH3 is 1. The SMILES string of the molecule is COC(=O)C1Cc2c(Br)cccc2O1. The summed E-state index contributed by atoms with van der Waals surface area (Å²) in [5, 5.41) is 0. The lowest BCUT2D eigenvalue weighted by Crippen LogP contribution is -2.26. The Morgan fingerprint density at radius 2 is 2.43 bits per heavy atom. The molecule has 0 amide bonds. The molecule has 0 aliphatic carbocycles. The van der Waals surface area contributed by atoms with Crippen molar-refractivity contribution in [2.75, 3.05) is 7.11 Å². The molecular formula is C10H9BrO3. The number of esters is 1. The van der Waals surface area contributed by atoms with E-state index in [1.165, 1.54) is 7.11 Å². The summed E-state index contributed by atoms with van der Waals surface area (Å²) in [6.45, 7) is 0. The Bertz CT molecular complexity index is 376. The van der Waals surface area contributed by atoms with Crippen LogP contribution < -0.4 is 4.74 Å². The fourth-order valence-corrected chi connectivity index (χ4v) is 2.00. The summed E-state index contributed by atoms with van der Waals surface area (Å²) in [6.07, 6.45) is 0.0809. The van der Waals surface area contributed by atoms with Crippen molar-refractivity contribution >= 4 is 21.9 Å². The summed E-state index contributed by atoms with van der Waals surface area (Å²) in [4.78, 5) is 11.2. The topological polar surface area (TPSA) is 35.5 Å². The molecular weight excluding hydrogens is 248 g/mol. The smallest absolute Gasteiger partial charge is 0.347 e. The number of halogens is 1. The molecule has 3 nitrogen and oxygen atoms in total. The Labute approximate surface area is 90.1 Å². The van der Waals surface area contributed by atoms with Crippen molar-refractivity contribution in [2.45, 2.75) is 12.5 Å². The highest BCUT2D eigenvalue weighted by molar-refractivity contribution is 9.10. The fourth-order valence-electron chi connectivity index (χ4n) is 1.49. The highest BCUT2D eigenvalue weighted by atomic mass is 79.9. The van der Waals surface area contributed by atoms with Crippen LogP contribution in [0, 0.1) is 0 Å². The molecule has 1 aromatic rings. The van der Waals surface area contributed by atoms with Gasteiger partial charge in [0.1, 0.15) is 5.75 Å². The van der Waals surface area contributed by atoms with E-state index < -0.39 is 6.10 Å². The van der Waals surface area contributed by atoms with E-state index in [0.717, 1.165) is 15.8 Å². The molecule has 1 atom stereocenters. The Kier molecular flexibility index (Phi) is 2.46. The van der Waals surface area contributed by atoms with Crippen LogP contribution in [0.2, 0.25) is 0 Å². The second-order valence-electron chi connectivity index (χ2n) is 3.05. The fraction of sp³-hybridized carbons (Fsp3) is 0.300. The second kappa shape index (κ2) is 3.61. The highest BCUT2D eigenvalue weighted by Crippen LogP contribution is 2.34. The molecule has 0 bridgehead atoms. The van der Waals surface area contributed by atoms with E-state index in [0.29, 0.717) is 6.42 Å². The quantitative estimate of drug-likeness (QED) is 0.721. The van der Waals surface area contributed by atoms with Crippen LogP contribution in [0.15, 0.2) is 22.7 Å². The maximum Gasteiger partial charge on any atom is 0.347 e. The summed E-state index contributed by atoms with van der Waals surface area (Å²) in [5.41, 5.74) is 1.03. The van der Waals surface area contributed by atoms with Crippen LogP contribution in [0.1, 0.15) is 5.56 Å². The van der Waals surface area contributed by atoms with Gasteiger partial charge in [-0.2, -0.15) is 0 Å². The molecule has 1 aliphatic heterocycles. The zero-order valence-electron chi connectivity index (χ0n) is 7.62. The molecule has 1 aliphatic rings. The van der Waals surface area contributed by atoms with Gasteiger partial charge in [-0.3, -0.25) is 0 Å². The second-order valence-corrected chi connectivity index (χ2v) is 3.90. The van der Waals surface area contributed by atoms with Gasteiger partial charge in [0, 0.05) is 16.5 Å². The van der Waals surface area contributed by atoms with E-state index >= 15 is 0 Å². The molecule has 0 saturated carbocycles. The first-order chi connectivity index (χ1) is 6.72. The van der Waals surface area contributed by atoms with Gasteiger partial charge in [-0.15, -0.1) is 0 Å². The lowest BCUT2D eigenvalue weighted by molar-refractivity contribution is -0.147. The first-order valence-electron chi connectivity index (χ1n) is 4.24. The van der Waals surface area contributed by atoms with Crippen molar-refractivity contribution in [1.29, 1.82) is 0 Å². The summed E-state index contributed by atoms with van der Waals surface area (Å²) >= 11 is 3.41. The van der Waals surface area contributed by atoms with Crippen molar-refractivity contribution in [3.8, 4) is 5.75 Å². The van der Waals surface area contributed by atoms with Gasteiger partial charge in [-0.1, -0.05) is 22.0 Å². The molecule has 0 saturated heterocycles. The third kappa shape index (κ3) is 1.50. The van der Waals surface area contributed by atoms with Gasteiger partial charge in [-0.25, -0.2) is 4.79 Å². The van der Waals surface area contributed by atoms with Crippen LogP contribution in [0.5, 0.6) is 5.75 Å². The predicted molar refractivity (Wildman–Crippen MR) is 54.3 cm³/mol. The maximum absolute atomic E-state index is 11.2. The van der Waals surface area contributed by atoms with E-state index in [1.54, 1.807) is 0 Å². The summed E-state index contributed by atoms with van der Waals surface area (Å²) < 4.78 is 11.0. The molecule has 1 unspecified atom stereocenters. The average molecular weight is 257 g/mol. The number of ether oxygens (including phenoxy) is 2. The lowest BCUT2D eigenvalue weighted by atomic mass is 10.1. The van der Waals surface area contributed by atoms with Crippen LogP contribution in [-0.2, 0) is 16.0 Å². The van der Waals surface area contributed by atoms with Gasteiger partial charge >= 0.3 is 5.97 Å². The van der Waals surface area contributed by atoms with Crippen LogP contribution in [0.25, 0.3) is 0 Å². The first kappa shape index (κ1) is 9.52. The van der Waals surface area contributed by atoms with E-state index in [-0.39, 0.29) is 5.97 Å². The first-order valence-corrected chi connectivity index (χ1v) is 5.03. The predicted octanol–water partition coefficient (Wildman–Crippen LogP) is 1.93. The number of hydrogen-bond acceptors (Lipinski definition) is 3. The Morgan fingerprint density at radius 3 is 3.07 bits per heavy atom. The monoisotopic (exact) mass is 256 g/mol. The van der Waals surface area contributed by atoms with E-state index in [9.17, 15) is 4.79 Å². The Hall–Kier alpha value is -1.03. The van der Waals surface area contributed by atoms with Crippen molar-refractivity contribution in [2.24, 2.45) is 0 Å². The molecule has 1 aromatic carbocycles. The van der Waals surface area contributed by atoms with Crippen molar-refractivity contribution in [3.05, 3.63) is 28.2 Å². The third-order valence-electron chi connectivity index (χ3n) is 2.20. The Balaban J connectivity index is 2.26. The van der Waals surface area contributed by atoms with E-state index in [4.69, 9.17) is 4.74 Å². The molecule has 0 aromatic heterocycles. The standard InChI is InChI=1S/C10H9BrO3/c1-13-10(12)9-5-6-7(11)3-2-4-8(6)14-9/h2-4,9H,5H2,1H3. The highest BCUT2D eigenvalue weighted by Gasteiger charge is 2.30. The molecule has 2 rings (SSSR count). The minimum absolute atomic E-state index is 0.326. The van der Waals surface area contributed by atoms with Crippen molar-refractivity contribution in [1.82, 2.24) is 0 Å². The summed E-state index contributed by atoms with van der Waals surface area (Å²) in [5.74, 6) is 0.433. The summed E-state index contributed by atoms with van der Waals surface area (Å²) in [7, 11) is 1.36. The third-order valence-corrected chi connectivity index (χ3v) is 2.94. The van der Waals surface area contributed by atoms with Gasteiger partial charge < -0.3 is 9.47 Å². The number of fused-ring (bicyclic) bond motifs is 1. The molecule has 0 spiro atoms. The van der Waals surface area contributed by atoms with Gasteiger partial charge in [0.15, 0.2) is 6.10 Å². The van der Waals surface area contributed by atoms with E-state index in [1.807, 2.05) is 18.2 Å². The molecule has 1 heterocycles. The van der Waals surface area contributed by atoms with Gasteiger partial charge in [-0.05, 0) is 12.1 Å². The zero-order chi connectivity index (χ0) is 10.1. The minimum atomic E-state index is -0.492. The van der Waals surface area contributed by atoms with Crippen LogP contribution >= 0.6 is 15.9 Å². The molecule has 74 valence electrons. The minimum Gasteiger partial charge on any atom is -0.478 e. The lowest BCUT2D eigenvalue weighted by Gasteiger charge is -2.06. The largest absolute Gasteiger partial charge is 0.478 e. The van der Waals surface area contributed by atoms with Gasteiger partial charge in [0.25, 0.3) is 0 Å². The van der Waals surface area contributed by atoms with Crippen LogP contribution in [0.4, 0.5) is 0 Å². The number of benzene rings is 1. The molecule has 4 heteroatoms. The van der Waals surface area contributed by atoms with E-state index in [2.05, 4.69) is 20.7 Å². The normalized spacial score (nSPS) is 18.6. The Morgan fingerprint density at radius 1 is 1.64 bits per heavy atom. The maximum atomic E-state index is 11.2. The molecule has 0 radical (unpaired) electrons. The molecule has 0 fully saturated rings. The van der Waals surface area contributed by atoms with Crippen molar-refractivity contribution in [3.63, 3.8) is 0 Å². The number of hydrogen-bond donors (Lipinski definition) is 0. The van der Waals surface area contributed by atoms with Gasteiger partial charge in [0.2, 0.25) is 0 Å². The van der Waals surface area contributed by atoms with Crippen molar-refractivity contribution < 1.29 is 14.3 Å².